The maximum absolute atomic E-state index is 12.0. The molecule has 0 radical (unpaired) electrons. The standard InChI is InChI=1S/C13H15BrN2O/c14-11-1-3-12(4-2-11)16-7-9-5-15-6-10(8-16)13(9)17/h1-4,9-10,15H,5-8H2. The summed E-state index contributed by atoms with van der Waals surface area (Å²) in [6.07, 6.45) is 0. The van der Waals surface area contributed by atoms with Gasteiger partial charge >= 0.3 is 0 Å². The third kappa shape index (κ3) is 2.11. The van der Waals surface area contributed by atoms with Crippen LogP contribution in [0.3, 0.4) is 0 Å². The van der Waals surface area contributed by atoms with Crippen molar-refractivity contribution >= 4 is 27.4 Å². The summed E-state index contributed by atoms with van der Waals surface area (Å²) in [4.78, 5) is 14.3. The first kappa shape index (κ1) is 11.2. The van der Waals surface area contributed by atoms with Gasteiger partial charge in [-0.15, -0.1) is 0 Å². The predicted molar refractivity (Wildman–Crippen MR) is 71.2 cm³/mol. The summed E-state index contributed by atoms with van der Waals surface area (Å²) in [5, 5.41) is 3.34. The highest BCUT2D eigenvalue weighted by molar-refractivity contribution is 9.10. The number of anilines is 1. The van der Waals surface area contributed by atoms with Gasteiger partial charge in [-0.25, -0.2) is 0 Å². The second-order valence-electron chi connectivity index (χ2n) is 4.84. The second kappa shape index (κ2) is 4.42. The quantitative estimate of drug-likeness (QED) is 0.855. The van der Waals surface area contributed by atoms with Gasteiger partial charge in [-0.2, -0.15) is 0 Å². The van der Waals surface area contributed by atoms with Crippen LogP contribution in [0.4, 0.5) is 5.69 Å². The van der Waals surface area contributed by atoms with Crippen LogP contribution in [-0.4, -0.2) is 32.0 Å². The number of hydrogen-bond acceptors (Lipinski definition) is 3. The number of fused-ring (bicyclic) bond motifs is 2. The molecule has 1 aromatic carbocycles. The highest BCUT2D eigenvalue weighted by atomic mass is 79.9. The Kier molecular flexibility index (Phi) is 2.92. The number of carbonyl (C=O) groups is 1. The summed E-state index contributed by atoms with van der Waals surface area (Å²) in [6.45, 7) is 3.37. The molecule has 2 aliphatic rings. The average molecular weight is 295 g/mol. The number of Topliss-reactive ketones (excluding diaryl/α,β-unsaturated/α-hetero) is 1. The summed E-state index contributed by atoms with van der Waals surface area (Å²) in [7, 11) is 0. The smallest absolute Gasteiger partial charge is 0.145 e. The molecule has 0 saturated carbocycles. The zero-order chi connectivity index (χ0) is 11.8. The van der Waals surface area contributed by atoms with E-state index < -0.39 is 0 Å². The number of halogens is 1. The van der Waals surface area contributed by atoms with E-state index in [0.717, 1.165) is 30.7 Å². The van der Waals surface area contributed by atoms with Crippen LogP contribution in [0.25, 0.3) is 0 Å². The first-order chi connectivity index (χ1) is 8.24. The molecule has 2 saturated heterocycles. The molecule has 3 rings (SSSR count). The van der Waals surface area contributed by atoms with Gasteiger partial charge in [0.15, 0.2) is 0 Å². The normalized spacial score (nSPS) is 28.3. The summed E-state index contributed by atoms with van der Waals surface area (Å²) in [5.74, 6) is 0.800. The van der Waals surface area contributed by atoms with Crippen LogP contribution in [0.5, 0.6) is 0 Å². The topological polar surface area (TPSA) is 32.3 Å². The van der Waals surface area contributed by atoms with Gasteiger partial charge < -0.3 is 10.2 Å². The SMILES string of the molecule is O=C1C2CNCC1CN(c1ccc(Br)cc1)C2. The van der Waals surface area contributed by atoms with Crippen molar-refractivity contribution < 1.29 is 4.79 Å². The van der Waals surface area contributed by atoms with Crippen LogP contribution >= 0.6 is 15.9 Å². The number of rotatable bonds is 1. The molecule has 2 heterocycles. The summed E-state index contributed by atoms with van der Waals surface area (Å²) in [6, 6.07) is 8.34. The van der Waals surface area contributed by atoms with E-state index in [1.165, 1.54) is 5.69 Å². The van der Waals surface area contributed by atoms with Crippen LogP contribution < -0.4 is 10.2 Å². The third-order valence-corrected chi connectivity index (χ3v) is 4.19. The minimum Gasteiger partial charge on any atom is -0.370 e. The maximum atomic E-state index is 12.0. The number of ketones is 1. The fourth-order valence-corrected chi connectivity index (χ4v) is 3.01. The molecule has 3 nitrogen and oxygen atoms in total. The zero-order valence-corrected chi connectivity index (χ0v) is 11.1. The number of carbonyl (C=O) groups excluding carboxylic acids is 1. The molecular weight excluding hydrogens is 280 g/mol. The largest absolute Gasteiger partial charge is 0.370 e. The van der Waals surface area contributed by atoms with Crippen molar-refractivity contribution in [2.24, 2.45) is 11.8 Å². The molecule has 4 heteroatoms. The second-order valence-corrected chi connectivity index (χ2v) is 5.75. The lowest BCUT2D eigenvalue weighted by atomic mass is 9.84. The Bertz CT molecular complexity index is 416. The van der Waals surface area contributed by atoms with Crippen LogP contribution in [0.2, 0.25) is 0 Å². The van der Waals surface area contributed by atoms with Crippen molar-refractivity contribution in [1.29, 1.82) is 0 Å². The van der Waals surface area contributed by atoms with Gasteiger partial charge in [-0.05, 0) is 24.3 Å². The van der Waals surface area contributed by atoms with Gasteiger partial charge in [-0.3, -0.25) is 4.79 Å². The lowest BCUT2D eigenvalue weighted by molar-refractivity contribution is -0.129. The van der Waals surface area contributed by atoms with Crippen molar-refractivity contribution in [2.45, 2.75) is 0 Å². The van der Waals surface area contributed by atoms with Gasteiger partial charge in [0.1, 0.15) is 5.78 Å². The van der Waals surface area contributed by atoms with Crippen molar-refractivity contribution in [1.82, 2.24) is 5.32 Å². The number of benzene rings is 1. The molecule has 17 heavy (non-hydrogen) atoms. The molecule has 2 unspecified atom stereocenters. The maximum Gasteiger partial charge on any atom is 0.145 e. The summed E-state index contributed by atoms with van der Waals surface area (Å²) in [5.41, 5.74) is 1.22. The molecule has 2 aliphatic heterocycles. The minimum atomic E-state index is 0.172. The molecule has 0 aromatic heterocycles. The average Bonchev–Trinajstić information content (AvgIpc) is 2.30. The Morgan fingerprint density at radius 2 is 1.71 bits per heavy atom. The Hall–Kier alpha value is -0.870. The van der Waals surface area contributed by atoms with E-state index in [2.05, 4.69) is 50.4 Å². The highest BCUT2D eigenvalue weighted by Crippen LogP contribution is 2.27. The van der Waals surface area contributed by atoms with Gasteiger partial charge in [-0.1, -0.05) is 15.9 Å². The van der Waals surface area contributed by atoms with Crippen LogP contribution in [0.15, 0.2) is 28.7 Å². The molecule has 0 amide bonds. The lowest BCUT2D eigenvalue weighted by Crippen LogP contribution is -2.57. The first-order valence-electron chi connectivity index (χ1n) is 5.99. The fraction of sp³-hybridized carbons (Fsp3) is 0.462. The van der Waals surface area contributed by atoms with E-state index in [-0.39, 0.29) is 11.8 Å². The molecule has 1 aromatic rings. The van der Waals surface area contributed by atoms with E-state index in [1.54, 1.807) is 0 Å². The van der Waals surface area contributed by atoms with Crippen LogP contribution in [0.1, 0.15) is 0 Å². The summed E-state index contributed by atoms with van der Waals surface area (Å²) < 4.78 is 1.09. The van der Waals surface area contributed by atoms with Gasteiger partial charge in [0.2, 0.25) is 0 Å². The Balaban J connectivity index is 1.82. The number of piperidine rings is 2. The van der Waals surface area contributed by atoms with Crippen molar-refractivity contribution in [3.8, 4) is 0 Å². The monoisotopic (exact) mass is 294 g/mol. The zero-order valence-electron chi connectivity index (χ0n) is 9.53. The number of hydrogen-bond donors (Lipinski definition) is 1. The van der Waals surface area contributed by atoms with Gasteiger partial charge in [0.05, 0.1) is 0 Å². The Morgan fingerprint density at radius 1 is 1.12 bits per heavy atom. The van der Waals surface area contributed by atoms with E-state index in [4.69, 9.17) is 0 Å². The molecule has 2 fully saturated rings. The van der Waals surface area contributed by atoms with Gasteiger partial charge in [0, 0.05) is 48.2 Å². The van der Waals surface area contributed by atoms with Crippen molar-refractivity contribution in [2.75, 3.05) is 31.1 Å². The third-order valence-electron chi connectivity index (χ3n) is 3.66. The molecular formula is C13H15BrN2O. The number of nitrogens with zero attached hydrogens (tertiary/aromatic N) is 1. The fourth-order valence-electron chi connectivity index (χ4n) is 2.74. The molecule has 2 atom stereocenters. The van der Waals surface area contributed by atoms with E-state index >= 15 is 0 Å². The van der Waals surface area contributed by atoms with Crippen molar-refractivity contribution in [3.63, 3.8) is 0 Å². The van der Waals surface area contributed by atoms with E-state index in [1.807, 2.05) is 0 Å². The van der Waals surface area contributed by atoms with Crippen LogP contribution in [0, 0.1) is 11.8 Å². The van der Waals surface area contributed by atoms with Gasteiger partial charge in [0.25, 0.3) is 0 Å². The van der Waals surface area contributed by atoms with Crippen LogP contribution in [-0.2, 0) is 4.79 Å². The first-order valence-corrected chi connectivity index (χ1v) is 6.78. The summed E-state index contributed by atoms with van der Waals surface area (Å²) >= 11 is 3.44. The van der Waals surface area contributed by atoms with E-state index in [9.17, 15) is 4.79 Å². The lowest BCUT2D eigenvalue weighted by Gasteiger charge is -2.41. The molecule has 0 aliphatic carbocycles. The molecule has 0 spiro atoms. The Labute approximate surface area is 109 Å². The highest BCUT2D eigenvalue weighted by Gasteiger charge is 2.37. The predicted octanol–water partition coefficient (Wildman–Crippen LogP) is 1.67. The van der Waals surface area contributed by atoms with Crippen molar-refractivity contribution in [3.05, 3.63) is 28.7 Å². The molecule has 90 valence electrons. The molecule has 2 bridgehead atoms. The minimum absolute atomic E-state index is 0.172. The van der Waals surface area contributed by atoms with E-state index in [0.29, 0.717) is 5.78 Å². The molecule has 1 N–H and O–H groups in total. The number of nitrogens with one attached hydrogen (secondary N) is 1. The Morgan fingerprint density at radius 3 is 2.29 bits per heavy atom.